The first-order valence-corrected chi connectivity index (χ1v) is 2.17. The quantitative estimate of drug-likeness (QED) is 0.438. The summed E-state index contributed by atoms with van der Waals surface area (Å²) in [6.45, 7) is 6.25. The summed E-state index contributed by atoms with van der Waals surface area (Å²) in [4.78, 5) is 0. The third kappa shape index (κ3) is 10.7. The predicted molar refractivity (Wildman–Crippen MR) is 36.5 cm³/mol. The van der Waals surface area contributed by atoms with Gasteiger partial charge in [-0.05, 0) is 5.41 Å². The van der Waals surface area contributed by atoms with Crippen molar-refractivity contribution >= 4 is 17.4 Å². The van der Waals surface area contributed by atoms with Crippen LogP contribution in [0.3, 0.4) is 0 Å². The van der Waals surface area contributed by atoms with Crippen LogP contribution in [-0.4, -0.2) is 29.1 Å². The lowest BCUT2D eigenvalue weighted by molar-refractivity contribution is 0.177. The average molecular weight is 118 g/mol. The zero-order valence-corrected chi connectivity index (χ0v) is 4.65. The molecule has 0 bridgehead atoms. The fourth-order valence-electron chi connectivity index (χ4n) is 0. The van der Waals surface area contributed by atoms with Crippen molar-refractivity contribution < 1.29 is 5.11 Å². The lowest BCUT2D eigenvalue weighted by Crippen LogP contribution is -2.09. The standard InChI is InChI=1S/C5H12O.Al.3H/c1-5(2,3)4-6;;;;/h6H,4H2,1-3H3;;;;. The van der Waals surface area contributed by atoms with Crippen molar-refractivity contribution in [3.05, 3.63) is 0 Å². The van der Waals surface area contributed by atoms with Crippen molar-refractivity contribution in [2.45, 2.75) is 20.8 Å². The zero-order valence-electron chi connectivity index (χ0n) is 4.65. The van der Waals surface area contributed by atoms with Gasteiger partial charge in [-0.3, -0.25) is 0 Å². The molecule has 0 aliphatic carbocycles. The Labute approximate surface area is 55.9 Å². The second kappa shape index (κ2) is 3.49. The minimum atomic E-state index is 0. The van der Waals surface area contributed by atoms with E-state index >= 15 is 0 Å². The highest BCUT2D eigenvalue weighted by Crippen LogP contribution is 2.09. The van der Waals surface area contributed by atoms with E-state index in [0.717, 1.165) is 0 Å². The zero-order chi connectivity index (χ0) is 5.21. The van der Waals surface area contributed by atoms with E-state index in [9.17, 15) is 0 Å². The molecule has 2 heteroatoms. The molecule has 1 nitrogen and oxygen atoms in total. The predicted octanol–water partition coefficient (Wildman–Crippen LogP) is -0.159. The third-order valence-corrected chi connectivity index (χ3v) is 0.474. The summed E-state index contributed by atoms with van der Waals surface area (Å²) >= 11 is 0. The van der Waals surface area contributed by atoms with E-state index < -0.39 is 0 Å². The fraction of sp³-hybridized carbons (Fsp3) is 1.00. The van der Waals surface area contributed by atoms with Crippen molar-refractivity contribution in [1.29, 1.82) is 0 Å². The Bertz CT molecular complexity index is 37.8. The van der Waals surface area contributed by atoms with Gasteiger partial charge in [0, 0.05) is 6.61 Å². The Kier molecular flexibility index (Phi) is 5.22. The summed E-state index contributed by atoms with van der Waals surface area (Å²) in [6, 6.07) is 0. The summed E-state index contributed by atoms with van der Waals surface area (Å²) in [6.07, 6.45) is 0. The molecule has 0 fully saturated rings. The summed E-state index contributed by atoms with van der Waals surface area (Å²) in [5.41, 5.74) is 0.0972. The van der Waals surface area contributed by atoms with Gasteiger partial charge in [0.1, 0.15) is 0 Å². The molecule has 44 valence electrons. The van der Waals surface area contributed by atoms with Crippen molar-refractivity contribution in [3.63, 3.8) is 0 Å². The van der Waals surface area contributed by atoms with Gasteiger partial charge >= 0.3 is 0 Å². The number of hydrogen-bond donors (Lipinski definition) is 1. The van der Waals surface area contributed by atoms with E-state index in [1.165, 1.54) is 0 Å². The SMILES string of the molecule is CC(C)(C)CO.[AlH3]. The molecule has 0 saturated heterocycles. The molecule has 1 N–H and O–H groups in total. The summed E-state index contributed by atoms with van der Waals surface area (Å²) in [5, 5.41) is 8.40. The molecular weight excluding hydrogens is 103 g/mol. The first-order chi connectivity index (χ1) is 2.56. The molecule has 0 rings (SSSR count). The normalized spacial score (nSPS) is 10.3. The van der Waals surface area contributed by atoms with Crippen LogP contribution in [0.5, 0.6) is 0 Å². The van der Waals surface area contributed by atoms with Crippen molar-refractivity contribution in [3.8, 4) is 0 Å². The lowest BCUT2D eigenvalue weighted by Gasteiger charge is -2.11. The van der Waals surface area contributed by atoms with Gasteiger partial charge in [-0.15, -0.1) is 0 Å². The van der Waals surface area contributed by atoms with Crippen LogP contribution in [0.1, 0.15) is 20.8 Å². The van der Waals surface area contributed by atoms with Gasteiger partial charge in [0.25, 0.3) is 0 Å². The van der Waals surface area contributed by atoms with Gasteiger partial charge in [0.2, 0.25) is 0 Å². The molecule has 0 aromatic rings. The lowest BCUT2D eigenvalue weighted by atomic mass is 9.99. The maximum atomic E-state index is 8.40. The monoisotopic (exact) mass is 118 g/mol. The Morgan fingerprint density at radius 1 is 1.29 bits per heavy atom. The van der Waals surface area contributed by atoms with E-state index in [1.54, 1.807) is 0 Å². The van der Waals surface area contributed by atoms with Gasteiger partial charge in [-0.1, -0.05) is 20.8 Å². The number of aliphatic hydroxyl groups excluding tert-OH is 1. The number of aliphatic hydroxyl groups is 1. The highest BCUT2D eigenvalue weighted by molar-refractivity contribution is 5.75. The van der Waals surface area contributed by atoms with Gasteiger partial charge in [0.15, 0.2) is 17.4 Å². The summed E-state index contributed by atoms with van der Waals surface area (Å²) < 4.78 is 0. The first-order valence-electron chi connectivity index (χ1n) is 2.17. The van der Waals surface area contributed by atoms with Gasteiger partial charge in [-0.2, -0.15) is 0 Å². The molecular formula is C5H15AlO. The molecule has 0 heterocycles. The van der Waals surface area contributed by atoms with Gasteiger partial charge in [-0.25, -0.2) is 0 Å². The minimum Gasteiger partial charge on any atom is -0.396 e. The third-order valence-electron chi connectivity index (χ3n) is 0.474. The molecule has 0 saturated carbocycles. The van der Waals surface area contributed by atoms with E-state index in [0.29, 0.717) is 0 Å². The van der Waals surface area contributed by atoms with Crippen LogP contribution in [-0.2, 0) is 0 Å². The van der Waals surface area contributed by atoms with Crippen molar-refractivity contribution in [2.24, 2.45) is 5.41 Å². The summed E-state index contributed by atoms with van der Waals surface area (Å²) in [7, 11) is 0. The van der Waals surface area contributed by atoms with Crippen LogP contribution in [0.15, 0.2) is 0 Å². The van der Waals surface area contributed by atoms with Crippen molar-refractivity contribution in [1.82, 2.24) is 0 Å². The molecule has 0 aromatic heterocycles. The van der Waals surface area contributed by atoms with E-state index in [2.05, 4.69) is 0 Å². The fourth-order valence-corrected chi connectivity index (χ4v) is 0. The topological polar surface area (TPSA) is 20.2 Å². The largest absolute Gasteiger partial charge is 0.396 e. The van der Waals surface area contributed by atoms with Crippen LogP contribution in [0.4, 0.5) is 0 Å². The van der Waals surface area contributed by atoms with Crippen molar-refractivity contribution in [2.75, 3.05) is 6.61 Å². The second-order valence-electron chi connectivity index (χ2n) is 2.72. The molecule has 0 amide bonds. The highest BCUT2D eigenvalue weighted by atomic mass is 27.0. The van der Waals surface area contributed by atoms with Crippen LogP contribution >= 0.6 is 0 Å². The molecule has 0 unspecified atom stereocenters. The molecule has 0 aliphatic rings. The molecule has 7 heavy (non-hydrogen) atoms. The number of hydrogen-bond acceptors (Lipinski definition) is 1. The van der Waals surface area contributed by atoms with E-state index in [1.807, 2.05) is 20.8 Å². The Balaban J connectivity index is 0. The van der Waals surface area contributed by atoms with Gasteiger partial charge in [0.05, 0.1) is 0 Å². The maximum Gasteiger partial charge on any atom is 0.187 e. The van der Waals surface area contributed by atoms with Crippen LogP contribution < -0.4 is 0 Å². The molecule has 0 spiro atoms. The highest BCUT2D eigenvalue weighted by Gasteiger charge is 2.05. The smallest absolute Gasteiger partial charge is 0.187 e. The molecule has 0 radical (unpaired) electrons. The number of rotatable bonds is 0. The Hall–Kier alpha value is 0.492. The van der Waals surface area contributed by atoms with Crippen LogP contribution in [0.2, 0.25) is 0 Å². The maximum absolute atomic E-state index is 8.40. The van der Waals surface area contributed by atoms with Crippen LogP contribution in [0, 0.1) is 5.41 Å². The molecule has 0 aliphatic heterocycles. The van der Waals surface area contributed by atoms with E-state index in [-0.39, 0.29) is 29.4 Å². The second-order valence-corrected chi connectivity index (χ2v) is 2.72. The van der Waals surface area contributed by atoms with Crippen LogP contribution in [0.25, 0.3) is 0 Å². The van der Waals surface area contributed by atoms with E-state index in [4.69, 9.17) is 5.11 Å². The van der Waals surface area contributed by atoms with Gasteiger partial charge < -0.3 is 5.11 Å². The first kappa shape index (κ1) is 10.5. The minimum absolute atomic E-state index is 0. The molecule has 0 atom stereocenters. The average Bonchev–Trinajstić information content (AvgIpc) is 1.35. The molecule has 0 aromatic carbocycles. The summed E-state index contributed by atoms with van der Waals surface area (Å²) in [5.74, 6) is 0. The Morgan fingerprint density at radius 3 is 1.43 bits per heavy atom. The Morgan fingerprint density at radius 2 is 1.43 bits per heavy atom.